The minimum Gasteiger partial charge on any atom is -0.380 e. The van der Waals surface area contributed by atoms with Gasteiger partial charge in [0.2, 0.25) is 0 Å². The maximum atomic E-state index is 4.38. The van der Waals surface area contributed by atoms with E-state index < -0.39 is 0 Å². The highest BCUT2D eigenvalue weighted by molar-refractivity contribution is 5.47. The first kappa shape index (κ1) is 13.8. The number of benzene rings is 1. The van der Waals surface area contributed by atoms with Gasteiger partial charge in [0.25, 0.3) is 0 Å². The summed E-state index contributed by atoms with van der Waals surface area (Å²) in [4.78, 5) is 4.13. The summed E-state index contributed by atoms with van der Waals surface area (Å²) in [5.41, 5.74) is 2.73. The van der Waals surface area contributed by atoms with Gasteiger partial charge >= 0.3 is 0 Å². The molecule has 2 aliphatic rings. The first-order chi connectivity index (χ1) is 10.8. The van der Waals surface area contributed by atoms with Crippen LogP contribution in [0, 0.1) is 5.92 Å². The third kappa shape index (κ3) is 2.87. The third-order valence-electron chi connectivity index (χ3n) is 5.17. The standard InChI is InChI=1S/C18H24N4/c1-13-2-9-17(18(10-13)22-12-19-11-20-22)21-16-7-5-15(6-8-16)14-3-4-14/h5-8,11-14,17-18,21H,2-4,9-10H2,1H3. The number of anilines is 1. The van der Waals surface area contributed by atoms with Crippen LogP contribution in [-0.2, 0) is 0 Å². The zero-order valence-corrected chi connectivity index (χ0v) is 13.2. The van der Waals surface area contributed by atoms with E-state index >= 15 is 0 Å². The summed E-state index contributed by atoms with van der Waals surface area (Å²) in [7, 11) is 0. The van der Waals surface area contributed by atoms with Crippen molar-refractivity contribution in [3.8, 4) is 0 Å². The van der Waals surface area contributed by atoms with Crippen molar-refractivity contribution in [2.75, 3.05) is 5.32 Å². The maximum Gasteiger partial charge on any atom is 0.137 e. The molecule has 0 aliphatic heterocycles. The summed E-state index contributed by atoms with van der Waals surface area (Å²) >= 11 is 0. The van der Waals surface area contributed by atoms with Gasteiger partial charge in [0.15, 0.2) is 0 Å². The second kappa shape index (κ2) is 5.75. The molecule has 116 valence electrons. The average Bonchev–Trinajstić information content (AvgIpc) is 3.24. The van der Waals surface area contributed by atoms with Crippen LogP contribution in [0.4, 0.5) is 5.69 Å². The number of hydrogen-bond donors (Lipinski definition) is 1. The zero-order chi connectivity index (χ0) is 14.9. The molecule has 0 radical (unpaired) electrons. The Morgan fingerprint density at radius 2 is 1.91 bits per heavy atom. The van der Waals surface area contributed by atoms with Gasteiger partial charge in [-0.3, -0.25) is 0 Å². The lowest BCUT2D eigenvalue weighted by Crippen LogP contribution is -2.36. The number of nitrogens with zero attached hydrogens (tertiary/aromatic N) is 3. The van der Waals surface area contributed by atoms with E-state index in [1.807, 2.05) is 11.0 Å². The predicted molar refractivity (Wildman–Crippen MR) is 87.9 cm³/mol. The summed E-state index contributed by atoms with van der Waals surface area (Å²) in [6.45, 7) is 2.34. The predicted octanol–water partition coefficient (Wildman–Crippen LogP) is 4.00. The van der Waals surface area contributed by atoms with Gasteiger partial charge in [-0.25, -0.2) is 9.67 Å². The lowest BCUT2D eigenvalue weighted by Gasteiger charge is -2.35. The highest BCUT2D eigenvalue weighted by Gasteiger charge is 2.30. The Morgan fingerprint density at radius 3 is 2.59 bits per heavy atom. The molecule has 3 atom stereocenters. The van der Waals surface area contributed by atoms with Crippen LogP contribution in [0.1, 0.15) is 56.6 Å². The van der Waals surface area contributed by atoms with Crippen LogP contribution in [0.2, 0.25) is 0 Å². The molecule has 0 saturated heterocycles. The lowest BCUT2D eigenvalue weighted by molar-refractivity contribution is 0.244. The van der Waals surface area contributed by atoms with Gasteiger partial charge in [-0.15, -0.1) is 0 Å². The first-order valence-corrected chi connectivity index (χ1v) is 8.50. The second-order valence-electron chi connectivity index (χ2n) is 7.01. The van der Waals surface area contributed by atoms with Crippen LogP contribution < -0.4 is 5.32 Å². The highest BCUT2D eigenvalue weighted by Crippen LogP contribution is 2.40. The van der Waals surface area contributed by atoms with Crippen molar-refractivity contribution in [1.29, 1.82) is 0 Å². The van der Waals surface area contributed by atoms with Crippen molar-refractivity contribution in [2.24, 2.45) is 5.92 Å². The Kier molecular flexibility index (Phi) is 3.60. The minimum atomic E-state index is 0.398. The van der Waals surface area contributed by atoms with Crippen LogP contribution >= 0.6 is 0 Å². The Labute approximate surface area is 132 Å². The molecule has 1 N–H and O–H groups in total. The molecule has 1 aromatic heterocycles. The quantitative estimate of drug-likeness (QED) is 0.927. The summed E-state index contributed by atoms with van der Waals surface area (Å²) in [6, 6.07) is 9.89. The van der Waals surface area contributed by atoms with E-state index in [0.29, 0.717) is 12.1 Å². The Balaban J connectivity index is 1.49. The van der Waals surface area contributed by atoms with E-state index in [-0.39, 0.29) is 0 Å². The summed E-state index contributed by atoms with van der Waals surface area (Å²) < 4.78 is 2.03. The Morgan fingerprint density at radius 1 is 1.09 bits per heavy atom. The number of nitrogens with one attached hydrogen (secondary N) is 1. The van der Waals surface area contributed by atoms with Gasteiger partial charge in [-0.1, -0.05) is 19.1 Å². The molecular weight excluding hydrogens is 272 g/mol. The molecule has 2 aliphatic carbocycles. The highest BCUT2D eigenvalue weighted by atomic mass is 15.3. The molecule has 1 heterocycles. The topological polar surface area (TPSA) is 42.7 Å². The van der Waals surface area contributed by atoms with E-state index in [1.54, 1.807) is 6.33 Å². The summed E-state index contributed by atoms with van der Waals surface area (Å²) in [5.74, 6) is 1.58. The van der Waals surface area contributed by atoms with Crippen LogP contribution in [0.5, 0.6) is 0 Å². The van der Waals surface area contributed by atoms with Crippen LogP contribution in [0.3, 0.4) is 0 Å². The molecule has 0 amide bonds. The van der Waals surface area contributed by atoms with Crippen LogP contribution in [0.15, 0.2) is 36.9 Å². The van der Waals surface area contributed by atoms with E-state index in [1.165, 1.54) is 43.4 Å². The van der Waals surface area contributed by atoms with Gasteiger partial charge in [-0.05, 0) is 61.6 Å². The van der Waals surface area contributed by atoms with E-state index in [0.717, 1.165) is 11.8 Å². The number of hydrogen-bond acceptors (Lipinski definition) is 3. The van der Waals surface area contributed by atoms with Gasteiger partial charge < -0.3 is 5.32 Å². The molecule has 3 unspecified atom stereocenters. The molecule has 0 spiro atoms. The molecular formula is C18H24N4. The minimum absolute atomic E-state index is 0.398. The molecule has 4 rings (SSSR count). The first-order valence-electron chi connectivity index (χ1n) is 8.50. The normalized spacial score (nSPS) is 28.5. The SMILES string of the molecule is CC1CCC(Nc2ccc(C3CC3)cc2)C(n2cncn2)C1. The van der Waals surface area contributed by atoms with Crippen molar-refractivity contribution < 1.29 is 0 Å². The van der Waals surface area contributed by atoms with Gasteiger partial charge in [0.1, 0.15) is 12.7 Å². The molecule has 2 aromatic rings. The fourth-order valence-corrected chi connectivity index (χ4v) is 3.68. The van der Waals surface area contributed by atoms with Gasteiger partial charge in [-0.2, -0.15) is 5.10 Å². The molecule has 0 bridgehead atoms. The van der Waals surface area contributed by atoms with E-state index in [2.05, 4.69) is 46.6 Å². The largest absolute Gasteiger partial charge is 0.380 e. The van der Waals surface area contributed by atoms with Crippen molar-refractivity contribution in [3.05, 3.63) is 42.5 Å². The third-order valence-corrected chi connectivity index (χ3v) is 5.17. The van der Waals surface area contributed by atoms with E-state index in [4.69, 9.17) is 0 Å². The van der Waals surface area contributed by atoms with Gasteiger partial charge in [0.05, 0.1) is 6.04 Å². The fourth-order valence-electron chi connectivity index (χ4n) is 3.68. The zero-order valence-electron chi connectivity index (χ0n) is 13.2. The van der Waals surface area contributed by atoms with Crippen molar-refractivity contribution in [2.45, 2.75) is 57.0 Å². The van der Waals surface area contributed by atoms with Crippen molar-refractivity contribution in [1.82, 2.24) is 14.8 Å². The van der Waals surface area contributed by atoms with Crippen molar-refractivity contribution >= 4 is 5.69 Å². The lowest BCUT2D eigenvalue weighted by atomic mass is 9.83. The second-order valence-corrected chi connectivity index (χ2v) is 7.01. The molecule has 2 fully saturated rings. The number of rotatable bonds is 4. The molecule has 22 heavy (non-hydrogen) atoms. The smallest absolute Gasteiger partial charge is 0.137 e. The summed E-state index contributed by atoms with van der Waals surface area (Å²) in [6.07, 6.45) is 9.86. The average molecular weight is 296 g/mol. The Hall–Kier alpha value is -1.84. The fraction of sp³-hybridized carbons (Fsp3) is 0.556. The van der Waals surface area contributed by atoms with Gasteiger partial charge in [0, 0.05) is 11.7 Å². The van der Waals surface area contributed by atoms with E-state index in [9.17, 15) is 0 Å². The monoisotopic (exact) mass is 296 g/mol. The van der Waals surface area contributed by atoms with Crippen LogP contribution in [0.25, 0.3) is 0 Å². The molecule has 2 saturated carbocycles. The molecule has 4 heteroatoms. The summed E-state index contributed by atoms with van der Waals surface area (Å²) in [5, 5.41) is 8.12. The van der Waals surface area contributed by atoms with Crippen LogP contribution in [-0.4, -0.2) is 20.8 Å². The Bertz CT molecular complexity index is 601. The number of aromatic nitrogens is 3. The maximum absolute atomic E-state index is 4.38. The molecule has 4 nitrogen and oxygen atoms in total. The molecule has 1 aromatic carbocycles. The van der Waals surface area contributed by atoms with Crippen molar-refractivity contribution in [3.63, 3.8) is 0 Å².